The quantitative estimate of drug-likeness (QED) is 0.617. The Balaban J connectivity index is 1.49. The summed E-state index contributed by atoms with van der Waals surface area (Å²) in [7, 11) is 0. The zero-order valence-electron chi connectivity index (χ0n) is 18.1. The van der Waals surface area contributed by atoms with Crippen LogP contribution in [0.5, 0.6) is 5.75 Å². The van der Waals surface area contributed by atoms with Crippen molar-refractivity contribution in [1.29, 1.82) is 0 Å². The van der Waals surface area contributed by atoms with E-state index in [9.17, 15) is 19.8 Å². The lowest BCUT2D eigenvalue weighted by Crippen LogP contribution is -2.40. The number of β-amino-alcohol motifs (C(OH)–C–C–N with tert-alkyl or cyclic N) is 1. The maximum Gasteiger partial charge on any atom is 0.254 e. The molecule has 3 aromatic rings. The van der Waals surface area contributed by atoms with Gasteiger partial charge in [0, 0.05) is 24.9 Å². The highest BCUT2D eigenvalue weighted by Crippen LogP contribution is 2.26. The van der Waals surface area contributed by atoms with Gasteiger partial charge in [-0.05, 0) is 54.3 Å². The highest BCUT2D eigenvalue weighted by molar-refractivity contribution is 5.99. The first-order valence-corrected chi connectivity index (χ1v) is 10.9. The van der Waals surface area contributed by atoms with Crippen molar-refractivity contribution in [3.05, 3.63) is 89.5 Å². The maximum atomic E-state index is 13.3. The first kappa shape index (κ1) is 21.8. The van der Waals surface area contributed by atoms with Crippen molar-refractivity contribution in [1.82, 2.24) is 4.90 Å². The van der Waals surface area contributed by atoms with Gasteiger partial charge in [0.05, 0.1) is 12.1 Å². The number of hydrogen-bond donors (Lipinski definition) is 2. The minimum absolute atomic E-state index is 0.0230. The van der Waals surface area contributed by atoms with Crippen molar-refractivity contribution in [3.8, 4) is 16.9 Å². The smallest absolute Gasteiger partial charge is 0.254 e. The molecule has 1 amide bonds. The maximum absolute atomic E-state index is 13.3. The predicted molar refractivity (Wildman–Crippen MR) is 123 cm³/mol. The average Bonchev–Trinajstić information content (AvgIpc) is 3.20. The number of Topliss-reactive ketones (excluding diaryl/α,β-unsaturated/α-hetero) is 1. The number of nitrogens with zero attached hydrogens (tertiary/aromatic N) is 1. The second kappa shape index (κ2) is 9.37. The molecule has 1 heterocycles. The number of rotatable bonds is 6. The van der Waals surface area contributed by atoms with Crippen LogP contribution in [0.3, 0.4) is 0 Å². The van der Waals surface area contributed by atoms with E-state index in [2.05, 4.69) is 0 Å². The second-order valence-corrected chi connectivity index (χ2v) is 8.44. The Bertz CT molecular complexity index is 1110. The summed E-state index contributed by atoms with van der Waals surface area (Å²) in [5.74, 6) is -0.0972. The van der Waals surface area contributed by atoms with E-state index in [0.29, 0.717) is 18.4 Å². The van der Waals surface area contributed by atoms with Crippen molar-refractivity contribution < 1.29 is 19.8 Å². The minimum Gasteiger partial charge on any atom is -0.508 e. The Kier molecular flexibility index (Phi) is 6.37. The van der Waals surface area contributed by atoms with E-state index in [4.69, 9.17) is 0 Å². The number of likely N-dealkylation sites (tertiary alicyclic amines) is 1. The summed E-state index contributed by atoms with van der Waals surface area (Å²) in [6.45, 7) is 2.18. The fraction of sp³-hybridized carbons (Fsp3) is 0.259. The van der Waals surface area contributed by atoms with Gasteiger partial charge in [-0.3, -0.25) is 9.59 Å². The van der Waals surface area contributed by atoms with Crippen molar-refractivity contribution in [2.45, 2.75) is 38.3 Å². The highest BCUT2D eigenvalue weighted by atomic mass is 16.3. The summed E-state index contributed by atoms with van der Waals surface area (Å²) in [4.78, 5) is 27.8. The van der Waals surface area contributed by atoms with E-state index in [0.717, 1.165) is 16.7 Å². The first-order valence-electron chi connectivity index (χ1n) is 10.9. The van der Waals surface area contributed by atoms with Gasteiger partial charge in [-0.2, -0.15) is 0 Å². The van der Waals surface area contributed by atoms with Crippen LogP contribution in [0.1, 0.15) is 34.3 Å². The molecule has 1 aliphatic rings. The Morgan fingerprint density at radius 2 is 1.69 bits per heavy atom. The van der Waals surface area contributed by atoms with E-state index in [1.807, 2.05) is 37.3 Å². The van der Waals surface area contributed by atoms with Gasteiger partial charge < -0.3 is 15.1 Å². The number of carbonyl (C=O) groups excluding carboxylic acids is 2. The van der Waals surface area contributed by atoms with Crippen LogP contribution in [0.25, 0.3) is 11.1 Å². The molecule has 0 aliphatic carbocycles. The largest absolute Gasteiger partial charge is 0.508 e. The fourth-order valence-electron chi connectivity index (χ4n) is 4.18. The van der Waals surface area contributed by atoms with Crippen molar-refractivity contribution in [2.24, 2.45) is 0 Å². The molecule has 1 fully saturated rings. The number of aliphatic hydroxyl groups is 1. The number of aliphatic hydroxyl groups excluding tert-OH is 1. The molecule has 5 heteroatoms. The van der Waals surface area contributed by atoms with E-state index >= 15 is 0 Å². The summed E-state index contributed by atoms with van der Waals surface area (Å²) in [6.07, 6.45) is 0.519. The summed E-state index contributed by atoms with van der Waals surface area (Å²) < 4.78 is 0. The molecular formula is C27H27NO4. The predicted octanol–water partition coefficient (Wildman–Crippen LogP) is 4.14. The number of hydrogen-bond acceptors (Lipinski definition) is 4. The molecule has 4 rings (SSSR count). The molecule has 2 atom stereocenters. The molecule has 0 radical (unpaired) electrons. The average molecular weight is 430 g/mol. The van der Waals surface area contributed by atoms with Crippen LogP contribution in [0, 0.1) is 6.92 Å². The number of benzene rings is 3. The highest BCUT2D eigenvalue weighted by Gasteiger charge is 2.38. The fourth-order valence-corrected chi connectivity index (χ4v) is 4.18. The summed E-state index contributed by atoms with van der Waals surface area (Å²) >= 11 is 0. The van der Waals surface area contributed by atoms with Gasteiger partial charge in [-0.25, -0.2) is 0 Å². The molecule has 5 nitrogen and oxygen atoms in total. The SMILES string of the molecule is Cc1ccc(CCC(=O)[C@@H]2C[C@@H](O)CN2C(=O)c2cccc(-c3ccc(O)cc3)c2)cc1. The number of carbonyl (C=O) groups is 2. The van der Waals surface area contributed by atoms with Crippen LogP contribution in [-0.4, -0.2) is 45.5 Å². The zero-order chi connectivity index (χ0) is 22.7. The third-order valence-electron chi connectivity index (χ3n) is 6.00. The monoisotopic (exact) mass is 429 g/mol. The topological polar surface area (TPSA) is 77.8 Å². The molecule has 3 aromatic carbocycles. The van der Waals surface area contributed by atoms with E-state index < -0.39 is 12.1 Å². The molecule has 0 aromatic heterocycles. The lowest BCUT2D eigenvalue weighted by Gasteiger charge is -2.24. The number of ketones is 1. The zero-order valence-corrected chi connectivity index (χ0v) is 18.1. The second-order valence-electron chi connectivity index (χ2n) is 8.44. The van der Waals surface area contributed by atoms with Gasteiger partial charge in [0.15, 0.2) is 5.78 Å². The van der Waals surface area contributed by atoms with E-state index in [-0.39, 0.29) is 30.4 Å². The van der Waals surface area contributed by atoms with Gasteiger partial charge in [-0.15, -0.1) is 0 Å². The van der Waals surface area contributed by atoms with Gasteiger partial charge in [0.1, 0.15) is 5.75 Å². The molecule has 0 saturated carbocycles. The van der Waals surface area contributed by atoms with E-state index in [1.54, 1.807) is 42.5 Å². The van der Waals surface area contributed by atoms with Crippen molar-refractivity contribution >= 4 is 11.7 Å². The molecule has 32 heavy (non-hydrogen) atoms. The lowest BCUT2D eigenvalue weighted by molar-refractivity contribution is -0.122. The third kappa shape index (κ3) is 4.89. The minimum atomic E-state index is -0.701. The Morgan fingerprint density at radius 1 is 0.969 bits per heavy atom. The third-order valence-corrected chi connectivity index (χ3v) is 6.00. The molecule has 0 spiro atoms. The molecule has 164 valence electrons. The number of phenolic OH excluding ortho intramolecular Hbond substituents is 1. The molecule has 1 saturated heterocycles. The van der Waals surface area contributed by atoms with Gasteiger partial charge in [0.25, 0.3) is 5.91 Å². The van der Waals surface area contributed by atoms with Crippen LogP contribution in [0.4, 0.5) is 0 Å². The summed E-state index contributed by atoms with van der Waals surface area (Å²) in [5.41, 5.74) is 4.45. The normalized spacial score (nSPS) is 18.0. The van der Waals surface area contributed by atoms with Gasteiger partial charge in [0.2, 0.25) is 0 Å². The lowest BCUT2D eigenvalue weighted by atomic mass is 9.99. The van der Waals surface area contributed by atoms with Gasteiger partial charge in [-0.1, -0.05) is 54.1 Å². The summed E-state index contributed by atoms with van der Waals surface area (Å²) in [6, 6.07) is 21.5. The number of phenols is 1. The van der Waals surface area contributed by atoms with E-state index in [1.165, 1.54) is 10.5 Å². The number of aryl methyl sites for hydroxylation is 2. The molecule has 2 N–H and O–H groups in total. The van der Waals surface area contributed by atoms with Crippen LogP contribution >= 0.6 is 0 Å². The van der Waals surface area contributed by atoms with Crippen LogP contribution in [0.15, 0.2) is 72.8 Å². The number of amides is 1. The van der Waals surface area contributed by atoms with Gasteiger partial charge >= 0.3 is 0 Å². The standard InChI is InChI=1S/C27H27NO4/c1-18-5-7-19(8-6-18)9-14-26(31)25-16-24(30)17-28(25)27(32)22-4-2-3-21(15-22)20-10-12-23(29)13-11-20/h2-8,10-13,15,24-25,29-30H,9,14,16-17H2,1H3/t24-,25+/m1/s1. The molecule has 1 aliphatic heterocycles. The molecule has 0 unspecified atom stereocenters. The summed E-state index contributed by atoms with van der Waals surface area (Å²) in [5, 5.41) is 19.7. The molecule has 0 bridgehead atoms. The van der Waals surface area contributed by atoms with Crippen LogP contribution < -0.4 is 0 Å². The number of aromatic hydroxyl groups is 1. The van der Waals surface area contributed by atoms with Crippen LogP contribution in [0.2, 0.25) is 0 Å². The Hall–Kier alpha value is -3.44. The Labute approximate surface area is 187 Å². The van der Waals surface area contributed by atoms with Crippen LogP contribution in [-0.2, 0) is 11.2 Å². The van der Waals surface area contributed by atoms with Crippen molar-refractivity contribution in [2.75, 3.05) is 6.54 Å². The molecular weight excluding hydrogens is 402 g/mol. The Morgan fingerprint density at radius 3 is 2.41 bits per heavy atom. The first-order chi connectivity index (χ1) is 15.4. The van der Waals surface area contributed by atoms with Crippen molar-refractivity contribution in [3.63, 3.8) is 0 Å².